The molecule has 20 nitrogen and oxygen atoms in total. The Balaban J connectivity index is 1.01. The van der Waals surface area contributed by atoms with Gasteiger partial charge in [-0.1, -0.05) is 61.7 Å². The Kier molecular flexibility index (Phi) is 18.6. The van der Waals surface area contributed by atoms with Gasteiger partial charge < -0.3 is 32.1 Å². The van der Waals surface area contributed by atoms with E-state index < -0.39 is 58.0 Å². The first-order valence-corrected chi connectivity index (χ1v) is 27.6. The van der Waals surface area contributed by atoms with Gasteiger partial charge in [0.05, 0.1) is 43.6 Å². The maximum Gasteiger partial charge on any atom is 0.333 e. The number of rotatable bonds is 25. The standard InChI is InChI=1S/C50H62Br2N10O10S/c1-29(2)44(59-41(65)12-4-3-7-21-62-48(67)42(51)43(52)49(62)68)40(64)24-32(10-8-20-55-50(53)69)46(66)57-34-16-13-30(14-17-34)26-60-28-56-45(58-38-18-15-31-9-5-6-11-36(31)38)37-19-22-61(47(37)60)35-23-33(39(63)25-35)27-72-73(54,70)71/h5-6,9,11,13-14,16-17,19,22,28-29,32-33,35,38-39,44,63H,3-4,7-8,10,12,15,18,20-21,23-27H2,1-2H3,(H7,53,54,55,57,59,65,66,69,70,71)/p+1/t32-,33-,35+,38-,39-,44+/m0/s1. The fourth-order valence-corrected chi connectivity index (χ4v) is 11.1. The van der Waals surface area contributed by atoms with E-state index in [1.54, 1.807) is 18.5 Å². The number of imide groups is 1. The Labute approximate surface area is 440 Å². The largest absolute Gasteiger partial charge is 0.393 e. The van der Waals surface area contributed by atoms with Crippen molar-refractivity contribution >= 4 is 100 Å². The van der Waals surface area contributed by atoms with E-state index in [9.17, 15) is 42.3 Å². The smallest absolute Gasteiger partial charge is 0.333 e. The van der Waals surface area contributed by atoms with Gasteiger partial charge in [0.2, 0.25) is 29.6 Å². The van der Waals surface area contributed by atoms with Crippen LogP contribution in [0.15, 0.2) is 76.1 Å². The van der Waals surface area contributed by atoms with Gasteiger partial charge >= 0.3 is 16.3 Å². The van der Waals surface area contributed by atoms with Crippen molar-refractivity contribution in [2.24, 2.45) is 28.6 Å². The Bertz CT molecular complexity index is 2840. The maximum absolute atomic E-state index is 14.0. The first kappa shape index (κ1) is 55.2. The van der Waals surface area contributed by atoms with Crippen LogP contribution >= 0.6 is 31.9 Å². The number of aliphatic hydroxyl groups excluding tert-OH is 1. The molecule has 73 heavy (non-hydrogen) atoms. The van der Waals surface area contributed by atoms with Crippen molar-refractivity contribution in [2.45, 2.75) is 115 Å². The van der Waals surface area contributed by atoms with Gasteiger partial charge in [-0.25, -0.2) is 14.5 Å². The van der Waals surface area contributed by atoms with Crippen molar-refractivity contribution in [1.29, 1.82) is 0 Å². The summed E-state index contributed by atoms with van der Waals surface area (Å²) in [6, 6.07) is 16.0. The molecule has 2 aromatic heterocycles. The molecule has 9 N–H and O–H groups in total. The van der Waals surface area contributed by atoms with Crippen molar-refractivity contribution in [3.63, 3.8) is 0 Å². The molecule has 1 aliphatic heterocycles. The second-order valence-corrected chi connectivity index (χ2v) is 22.1. The van der Waals surface area contributed by atoms with Crippen LogP contribution in [0, 0.1) is 17.8 Å². The van der Waals surface area contributed by atoms with E-state index in [4.69, 9.17) is 20.0 Å². The minimum Gasteiger partial charge on any atom is -0.393 e. The zero-order chi connectivity index (χ0) is 52.6. The van der Waals surface area contributed by atoms with E-state index in [0.717, 1.165) is 34.3 Å². The molecular formula is C50H63Br2N10O10S+. The number of halogens is 2. The van der Waals surface area contributed by atoms with Crippen LogP contribution in [0.25, 0.3) is 11.0 Å². The summed E-state index contributed by atoms with van der Waals surface area (Å²) in [6.07, 6.45) is 7.69. The number of aliphatic hydroxyl groups is 1. The Hall–Kier alpha value is -5.59. The minimum atomic E-state index is -4.19. The second kappa shape index (κ2) is 24.6. The van der Waals surface area contributed by atoms with Gasteiger partial charge in [0.25, 0.3) is 11.8 Å². The van der Waals surface area contributed by atoms with Gasteiger partial charge in [0.15, 0.2) is 5.78 Å². The van der Waals surface area contributed by atoms with Gasteiger partial charge in [-0.2, -0.15) is 8.42 Å². The number of amides is 6. The number of nitrogens with one attached hydrogen (secondary N) is 4. The topological polar surface area (TPSA) is 291 Å². The Morgan fingerprint density at radius 2 is 1.70 bits per heavy atom. The molecule has 0 spiro atoms. The Morgan fingerprint density at radius 3 is 2.40 bits per heavy atom. The fourth-order valence-electron chi connectivity index (χ4n) is 9.95. The number of Topliss-reactive ketones (excluding diaryl/α,β-unsaturated/α-hetero) is 1. The summed E-state index contributed by atoms with van der Waals surface area (Å²) in [4.78, 5) is 83.0. The Morgan fingerprint density at radius 1 is 0.973 bits per heavy atom. The van der Waals surface area contributed by atoms with E-state index in [2.05, 4.69) is 69.8 Å². The highest BCUT2D eigenvalue weighted by molar-refractivity contribution is 9.14. The summed E-state index contributed by atoms with van der Waals surface area (Å²) >= 11 is 6.23. The molecule has 6 atom stereocenters. The number of ketones is 1. The van der Waals surface area contributed by atoms with E-state index in [1.165, 1.54) is 11.1 Å². The van der Waals surface area contributed by atoms with Crippen molar-refractivity contribution in [3.8, 4) is 0 Å². The average molecular weight is 1160 g/mol. The number of nitrogens with zero attached hydrogens (tertiary/aromatic N) is 4. The van der Waals surface area contributed by atoms with Crippen LogP contribution in [0.5, 0.6) is 0 Å². The molecule has 2 aliphatic carbocycles. The third-order valence-corrected chi connectivity index (χ3v) is 16.2. The SMILES string of the molecule is CC(C)[C@@H](NC(=O)CCCCCN1C(=O)C(Br)=C(Br)C1=O)C(=O)C[C@H](CCCNC(N)=O)C(=O)Nc1ccc(C[n+]2cnc(N[C@H]3CCc4ccccc43)c3ccn([C@@H]4C[C@@H](COS(N)(=O)=O)[C@@H](O)C4)c32)cc1. The summed E-state index contributed by atoms with van der Waals surface area (Å²) < 4.78 is 32.5. The molecule has 7 rings (SSSR count). The highest BCUT2D eigenvalue weighted by Gasteiger charge is 2.39. The van der Waals surface area contributed by atoms with Crippen LogP contribution in [-0.4, -0.2) is 95.3 Å². The second-order valence-electron chi connectivity index (χ2n) is 19.3. The van der Waals surface area contributed by atoms with Crippen LogP contribution < -0.4 is 36.7 Å². The van der Waals surface area contributed by atoms with E-state index in [-0.39, 0.29) is 77.6 Å². The quantitative estimate of drug-likeness (QED) is 0.0261. The molecule has 0 radical (unpaired) electrons. The number of aromatic nitrogens is 3. The molecule has 0 unspecified atom stereocenters. The van der Waals surface area contributed by atoms with Gasteiger partial charge in [-0.15, -0.1) is 0 Å². The van der Waals surface area contributed by atoms with Crippen molar-refractivity contribution in [2.75, 3.05) is 30.3 Å². The number of fused-ring (bicyclic) bond motifs is 2. The summed E-state index contributed by atoms with van der Waals surface area (Å²) in [6.45, 7) is 4.17. The number of primary amides is 1. The fraction of sp³-hybridized carbons (Fsp3) is 0.480. The predicted octanol–water partition coefficient (Wildman–Crippen LogP) is 5.04. The van der Waals surface area contributed by atoms with Gasteiger partial charge in [0, 0.05) is 49.9 Å². The molecule has 6 amide bonds. The number of carbonyl (C=O) groups excluding carboxylic acids is 6. The van der Waals surface area contributed by atoms with Crippen molar-refractivity contribution in [3.05, 3.63) is 92.8 Å². The summed E-state index contributed by atoms with van der Waals surface area (Å²) in [5.74, 6) is -2.72. The highest BCUT2D eigenvalue weighted by atomic mass is 79.9. The van der Waals surface area contributed by atoms with Crippen LogP contribution in [0.3, 0.4) is 0 Å². The molecule has 0 bridgehead atoms. The molecule has 23 heteroatoms. The molecule has 1 saturated carbocycles. The number of benzene rings is 2. The van der Waals surface area contributed by atoms with Gasteiger partial charge in [-0.3, -0.25) is 37.6 Å². The summed E-state index contributed by atoms with van der Waals surface area (Å²) in [5.41, 5.74) is 10.0. The molecule has 392 valence electrons. The van der Waals surface area contributed by atoms with Crippen LogP contribution in [-0.2, 0) is 51.4 Å². The zero-order valence-corrected chi connectivity index (χ0v) is 44.7. The lowest BCUT2D eigenvalue weighted by Crippen LogP contribution is -2.45. The molecule has 0 saturated heterocycles. The molecule has 3 heterocycles. The number of carbonyl (C=O) groups is 6. The number of hydrogen-bond acceptors (Lipinski definition) is 12. The summed E-state index contributed by atoms with van der Waals surface area (Å²) in [7, 11) is -4.19. The predicted molar refractivity (Wildman–Crippen MR) is 279 cm³/mol. The van der Waals surface area contributed by atoms with Gasteiger partial charge in [-0.05, 0) is 118 Å². The maximum atomic E-state index is 14.0. The van der Waals surface area contributed by atoms with Gasteiger partial charge in [0.1, 0.15) is 14.4 Å². The van der Waals surface area contributed by atoms with E-state index in [0.29, 0.717) is 56.6 Å². The molecule has 4 aromatic rings. The van der Waals surface area contributed by atoms with Crippen LogP contribution in [0.2, 0.25) is 0 Å². The lowest BCUT2D eigenvalue weighted by molar-refractivity contribution is -0.668. The van der Waals surface area contributed by atoms with Crippen LogP contribution in [0.4, 0.5) is 16.3 Å². The number of urea groups is 1. The minimum absolute atomic E-state index is 0.0660. The number of anilines is 2. The third kappa shape index (κ3) is 14.2. The number of aryl methyl sites for hydroxylation is 1. The van der Waals surface area contributed by atoms with Crippen molar-refractivity contribution in [1.82, 2.24) is 25.1 Å². The lowest BCUT2D eigenvalue weighted by atomic mass is 9.89. The molecule has 3 aliphatic rings. The first-order valence-electron chi connectivity index (χ1n) is 24.5. The third-order valence-electron chi connectivity index (χ3n) is 13.8. The normalized spacial score (nSPS) is 19.6. The summed E-state index contributed by atoms with van der Waals surface area (Å²) in [5, 5.41) is 29.0. The number of nitrogens with two attached hydrogens (primary N) is 2. The van der Waals surface area contributed by atoms with E-state index >= 15 is 0 Å². The molecule has 1 fully saturated rings. The van der Waals surface area contributed by atoms with E-state index in [1.807, 2.05) is 54.9 Å². The highest BCUT2D eigenvalue weighted by Crippen LogP contribution is 2.39. The zero-order valence-electron chi connectivity index (χ0n) is 40.7. The molecular weight excluding hydrogens is 1090 g/mol. The van der Waals surface area contributed by atoms with Crippen LogP contribution in [0.1, 0.15) is 107 Å². The monoisotopic (exact) mass is 1150 g/mol. The lowest BCUT2D eigenvalue weighted by Gasteiger charge is -2.24. The average Bonchev–Trinajstić information content (AvgIpc) is 4.12. The van der Waals surface area contributed by atoms with Crippen molar-refractivity contribution < 1.29 is 51.0 Å². The first-order chi connectivity index (χ1) is 34.8. The molecule has 2 aromatic carbocycles. The number of unbranched alkanes of at least 4 members (excludes halogenated alkanes) is 2. The number of hydrogen-bond donors (Lipinski definition) is 7.